The molecule has 6 rings (SSSR count). The van der Waals surface area contributed by atoms with Crippen LogP contribution in [0.15, 0.2) is 84.9 Å². The minimum absolute atomic E-state index is 0.0967. The fourth-order valence-corrected chi connectivity index (χ4v) is 6.59. The van der Waals surface area contributed by atoms with E-state index in [2.05, 4.69) is 5.32 Å². The number of aromatic nitrogens is 1. The summed E-state index contributed by atoms with van der Waals surface area (Å²) >= 11 is 0. The number of fused-ring (bicyclic) bond motifs is 3. The maximum Gasteiger partial charge on any atom is 0.272 e. The first-order chi connectivity index (χ1) is 19.6. The zero-order chi connectivity index (χ0) is 27.5. The van der Waals surface area contributed by atoms with E-state index in [0.717, 1.165) is 47.7 Å². The Balaban J connectivity index is 1.52. The van der Waals surface area contributed by atoms with Gasteiger partial charge in [0.15, 0.2) is 5.54 Å². The number of methoxy groups -OCH3 is 1. The topological polar surface area (TPSA) is 63.6 Å². The van der Waals surface area contributed by atoms with Crippen LogP contribution >= 0.6 is 0 Å². The van der Waals surface area contributed by atoms with Gasteiger partial charge in [-0.3, -0.25) is 9.59 Å². The summed E-state index contributed by atoms with van der Waals surface area (Å²) in [6.07, 6.45) is 7.82. The van der Waals surface area contributed by atoms with Gasteiger partial charge in [-0.05, 0) is 36.6 Å². The van der Waals surface area contributed by atoms with Crippen LogP contribution in [0.3, 0.4) is 0 Å². The lowest BCUT2D eigenvalue weighted by Crippen LogP contribution is -2.64. The first-order valence-corrected chi connectivity index (χ1v) is 14.5. The molecule has 2 amide bonds. The molecule has 1 atom stereocenters. The molecule has 0 spiro atoms. The minimum atomic E-state index is -1.24. The smallest absolute Gasteiger partial charge is 0.272 e. The highest BCUT2D eigenvalue weighted by atomic mass is 16.5. The maximum atomic E-state index is 14.8. The number of ether oxygens (including phenoxy) is 1. The lowest BCUT2D eigenvalue weighted by molar-refractivity contribution is -0.136. The van der Waals surface area contributed by atoms with E-state index in [4.69, 9.17) is 4.74 Å². The SMILES string of the molecule is COc1ccccc1CN1C(=O)c2cc3ccccc3n2C[C@]1(C(=O)NC1CCCCCCC1)c1ccccc1. The Morgan fingerprint density at radius 1 is 0.900 bits per heavy atom. The summed E-state index contributed by atoms with van der Waals surface area (Å²) in [5.41, 5.74) is 1.99. The number of carbonyl (C=O) groups is 2. The second kappa shape index (κ2) is 11.2. The van der Waals surface area contributed by atoms with Crippen molar-refractivity contribution in [3.8, 4) is 5.75 Å². The van der Waals surface area contributed by atoms with E-state index < -0.39 is 5.54 Å². The molecule has 1 aliphatic heterocycles. The van der Waals surface area contributed by atoms with Crippen LogP contribution in [-0.2, 0) is 23.4 Å². The van der Waals surface area contributed by atoms with E-state index in [1.165, 1.54) is 19.3 Å². The van der Waals surface area contributed by atoms with Crippen LogP contribution in [-0.4, -0.2) is 34.4 Å². The number of hydrogen-bond acceptors (Lipinski definition) is 3. The van der Waals surface area contributed by atoms with Gasteiger partial charge in [0.05, 0.1) is 20.2 Å². The first-order valence-electron chi connectivity index (χ1n) is 14.5. The van der Waals surface area contributed by atoms with Gasteiger partial charge in [0.2, 0.25) is 0 Å². The van der Waals surface area contributed by atoms with Crippen molar-refractivity contribution >= 4 is 22.7 Å². The molecule has 1 N–H and O–H groups in total. The van der Waals surface area contributed by atoms with Crippen molar-refractivity contribution in [2.75, 3.05) is 7.11 Å². The molecular formula is C34H37N3O3. The molecule has 1 aromatic heterocycles. The van der Waals surface area contributed by atoms with Gasteiger partial charge in [0.1, 0.15) is 11.4 Å². The third-order valence-corrected chi connectivity index (χ3v) is 8.71. The zero-order valence-electron chi connectivity index (χ0n) is 23.1. The maximum absolute atomic E-state index is 14.8. The van der Waals surface area contributed by atoms with Crippen LogP contribution in [0.25, 0.3) is 10.9 Å². The molecular weight excluding hydrogens is 498 g/mol. The first kappa shape index (κ1) is 26.2. The Morgan fingerprint density at radius 3 is 2.35 bits per heavy atom. The van der Waals surface area contributed by atoms with Gasteiger partial charge in [0, 0.05) is 22.5 Å². The molecule has 1 aliphatic carbocycles. The summed E-state index contributed by atoms with van der Waals surface area (Å²) in [4.78, 5) is 31.2. The number of rotatable bonds is 6. The highest BCUT2D eigenvalue weighted by Crippen LogP contribution is 2.41. The van der Waals surface area contributed by atoms with Crippen LogP contribution in [0.2, 0.25) is 0 Å². The minimum Gasteiger partial charge on any atom is -0.496 e. The number of nitrogens with one attached hydrogen (secondary N) is 1. The van der Waals surface area contributed by atoms with Gasteiger partial charge in [-0.2, -0.15) is 0 Å². The van der Waals surface area contributed by atoms with E-state index in [1.54, 1.807) is 12.0 Å². The van der Waals surface area contributed by atoms with E-state index in [9.17, 15) is 9.59 Å². The van der Waals surface area contributed by atoms with Gasteiger partial charge in [-0.15, -0.1) is 0 Å². The standard InChI is InChI=1S/C34H37N3O3/c1-40-31-21-13-11-15-26(31)23-37-32(38)30-22-25-14-10-12-20-29(25)36(30)24-34(37,27-16-6-5-7-17-27)33(39)35-28-18-8-3-2-4-9-19-28/h5-7,10-17,20-22,28H,2-4,8-9,18-19,23-24H2,1H3,(H,35,39)/t34-/m1/s1. The molecule has 40 heavy (non-hydrogen) atoms. The second-order valence-corrected chi connectivity index (χ2v) is 11.1. The Morgan fingerprint density at radius 2 is 1.57 bits per heavy atom. The molecule has 0 radical (unpaired) electrons. The zero-order valence-corrected chi connectivity index (χ0v) is 23.1. The van der Waals surface area contributed by atoms with E-state index in [0.29, 0.717) is 18.0 Å². The van der Waals surface area contributed by atoms with Crippen LogP contribution in [0.5, 0.6) is 5.75 Å². The Bertz CT molecular complexity index is 1500. The van der Waals surface area contributed by atoms with Crippen molar-refractivity contribution in [3.05, 3.63) is 102 Å². The quantitative estimate of drug-likeness (QED) is 0.309. The van der Waals surface area contributed by atoms with Crippen molar-refractivity contribution in [1.29, 1.82) is 0 Å². The fourth-order valence-electron chi connectivity index (χ4n) is 6.59. The lowest BCUT2D eigenvalue weighted by Gasteiger charge is -2.47. The third-order valence-electron chi connectivity index (χ3n) is 8.71. The summed E-state index contributed by atoms with van der Waals surface area (Å²) in [6, 6.07) is 27.6. The van der Waals surface area contributed by atoms with Gasteiger partial charge in [-0.25, -0.2) is 0 Å². The molecule has 0 bridgehead atoms. The van der Waals surface area contributed by atoms with Crippen molar-refractivity contribution in [1.82, 2.24) is 14.8 Å². The largest absolute Gasteiger partial charge is 0.496 e. The molecule has 6 heteroatoms. The third kappa shape index (κ3) is 4.66. The van der Waals surface area contributed by atoms with Crippen molar-refractivity contribution in [3.63, 3.8) is 0 Å². The number of amides is 2. The predicted molar refractivity (Wildman–Crippen MR) is 157 cm³/mol. The van der Waals surface area contributed by atoms with Crippen molar-refractivity contribution < 1.29 is 14.3 Å². The van der Waals surface area contributed by atoms with Crippen LogP contribution < -0.4 is 10.1 Å². The molecule has 4 aromatic rings. The fraction of sp³-hybridized carbons (Fsp3) is 0.353. The summed E-state index contributed by atoms with van der Waals surface area (Å²) in [5, 5.41) is 4.45. The van der Waals surface area contributed by atoms with Crippen LogP contribution in [0.4, 0.5) is 0 Å². The molecule has 0 saturated heterocycles. The summed E-state index contributed by atoms with van der Waals surface area (Å²) in [6.45, 7) is 0.580. The number of para-hydroxylation sites is 2. The van der Waals surface area contributed by atoms with E-state index in [1.807, 2.05) is 89.5 Å². The number of hydrogen-bond donors (Lipinski definition) is 1. The summed E-state index contributed by atoms with van der Waals surface area (Å²) in [7, 11) is 1.64. The van der Waals surface area contributed by atoms with Crippen LogP contribution in [0, 0.1) is 0 Å². The normalized spacial score (nSPS) is 20.0. The molecule has 206 valence electrons. The van der Waals surface area contributed by atoms with Crippen molar-refractivity contribution in [2.24, 2.45) is 0 Å². The van der Waals surface area contributed by atoms with E-state index in [-0.39, 0.29) is 24.4 Å². The average molecular weight is 536 g/mol. The number of carbonyl (C=O) groups excluding carboxylic acids is 2. The summed E-state index contributed by atoms with van der Waals surface area (Å²) < 4.78 is 7.72. The summed E-state index contributed by atoms with van der Waals surface area (Å²) in [5.74, 6) is 0.421. The molecule has 2 aliphatic rings. The highest BCUT2D eigenvalue weighted by molar-refractivity contribution is 6.04. The van der Waals surface area contributed by atoms with Crippen molar-refractivity contribution in [2.45, 2.75) is 69.6 Å². The predicted octanol–water partition coefficient (Wildman–Crippen LogP) is 6.43. The van der Waals surface area contributed by atoms with Gasteiger partial charge >= 0.3 is 0 Å². The number of benzene rings is 3. The highest BCUT2D eigenvalue weighted by Gasteiger charge is 2.53. The van der Waals surface area contributed by atoms with E-state index >= 15 is 0 Å². The second-order valence-electron chi connectivity index (χ2n) is 11.1. The molecule has 6 nitrogen and oxygen atoms in total. The average Bonchev–Trinajstić information content (AvgIpc) is 3.35. The Hall–Kier alpha value is -4.06. The molecule has 0 unspecified atom stereocenters. The molecule has 1 saturated carbocycles. The van der Waals surface area contributed by atoms with Crippen LogP contribution in [0.1, 0.15) is 66.6 Å². The molecule has 2 heterocycles. The molecule has 3 aromatic carbocycles. The lowest BCUT2D eigenvalue weighted by atomic mass is 9.83. The van der Waals surface area contributed by atoms with Gasteiger partial charge < -0.3 is 19.5 Å². The Labute approximate surface area is 235 Å². The number of nitrogens with zero attached hydrogens (tertiary/aromatic N) is 2. The van der Waals surface area contributed by atoms with Gasteiger partial charge in [-0.1, -0.05) is 98.8 Å². The monoisotopic (exact) mass is 535 g/mol. The van der Waals surface area contributed by atoms with Gasteiger partial charge in [0.25, 0.3) is 11.8 Å². The molecule has 1 fully saturated rings. The Kier molecular flexibility index (Phi) is 7.33.